The van der Waals surface area contributed by atoms with E-state index in [9.17, 15) is 14.4 Å². The number of rotatable bonds is 3. The minimum atomic E-state index is -0.628. The molecule has 0 radical (unpaired) electrons. The van der Waals surface area contributed by atoms with Gasteiger partial charge in [0.25, 0.3) is 11.8 Å². The highest BCUT2D eigenvalue weighted by atomic mass is 16.2. The minimum Gasteiger partial charge on any atom is -0.318 e. The van der Waals surface area contributed by atoms with Crippen molar-refractivity contribution in [3.63, 3.8) is 0 Å². The Balaban J connectivity index is 1.71. The van der Waals surface area contributed by atoms with Gasteiger partial charge in [0.15, 0.2) is 0 Å². The van der Waals surface area contributed by atoms with Gasteiger partial charge in [0.2, 0.25) is 0 Å². The molecular formula is C23H25N3O3. The topological polar surface area (TPSA) is 71.4 Å². The molecule has 4 amide bonds. The predicted octanol–water partition coefficient (Wildman–Crippen LogP) is 3.89. The van der Waals surface area contributed by atoms with E-state index in [-0.39, 0.29) is 11.6 Å². The molecule has 6 nitrogen and oxygen atoms in total. The molecule has 0 atom stereocenters. The molecule has 2 heterocycles. The Hall–Kier alpha value is -3.15. The van der Waals surface area contributed by atoms with Crippen LogP contribution < -0.4 is 5.32 Å². The molecule has 6 heteroatoms. The number of barbiturate groups is 1. The van der Waals surface area contributed by atoms with Gasteiger partial charge in [0.1, 0.15) is 5.57 Å². The average molecular weight is 391 g/mol. The number of hydrogen-bond donors (Lipinski definition) is 1. The summed E-state index contributed by atoms with van der Waals surface area (Å²) in [5.41, 5.74) is 3.77. The maximum Gasteiger partial charge on any atom is 0.331 e. The van der Waals surface area contributed by atoms with Crippen LogP contribution in [0.15, 0.2) is 42.0 Å². The van der Waals surface area contributed by atoms with E-state index in [1.807, 2.05) is 50.2 Å². The van der Waals surface area contributed by atoms with Crippen molar-refractivity contribution in [2.75, 3.05) is 0 Å². The third-order valence-electron chi connectivity index (χ3n) is 5.86. The largest absolute Gasteiger partial charge is 0.331 e. The maximum atomic E-state index is 13.1. The highest BCUT2D eigenvalue weighted by Gasteiger charge is 2.40. The van der Waals surface area contributed by atoms with E-state index in [1.165, 1.54) is 4.90 Å². The zero-order valence-corrected chi connectivity index (χ0v) is 16.8. The fourth-order valence-corrected chi connectivity index (χ4v) is 4.41. The molecule has 0 spiro atoms. The van der Waals surface area contributed by atoms with E-state index in [0.29, 0.717) is 0 Å². The predicted molar refractivity (Wildman–Crippen MR) is 110 cm³/mol. The monoisotopic (exact) mass is 391 g/mol. The lowest BCUT2D eigenvalue weighted by Crippen LogP contribution is -2.58. The van der Waals surface area contributed by atoms with Crippen LogP contribution >= 0.6 is 0 Å². The fraction of sp³-hybridized carbons (Fsp3) is 0.348. The van der Waals surface area contributed by atoms with Crippen molar-refractivity contribution in [3.8, 4) is 5.69 Å². The van der Waals surface area contributed by atoms with Crippen LogP contribution in [-0.2, 0) is 9.59 Å². The summed E-state index contributed by atoms with van der Waals surface area (Å²) in [4.78, 5) is 39.2. The molecule has 0 bridgehead atoms. The third kappa shape index (κ3) is 3.50. The van der Waals surface area contributed by atoms with Gasteiger partial charge in [-0.1, -0.05) is 37.5 Å². The first-order valence-electron chi connectivity index (χ1n) is 10.1. The van der Waals surface area contributed by atoms with Crippen LogP contribution in [0.1, 0.15) is 49.1 Å². The zero-order chi connectivity index (χ0) is 20.5. The van der Waals surface area contributed by atoms with Gasteiger partial charge in [-0.25, -0.2) is 4.79 Å². The average Bonchev–Trinajstić information content (AvgIpc) is 2.99. The van der Waals surface area contributed by atoms with Crippen molar-refractivity contribution >= 4 is 23.9 Å². The van der Waals surface area contributed by atoms with Gasteiger partial charge in [-0.3, -0.25) is 19.8 Å². The molecule has 1 saturated heterocycles. The lowest BCUT2D eigenvalue weighted by Gasteiger charge is -2.35. The van der Waals surface area contributed by atoms with Crippen LogP contribution in [0, 0.1) is 13.8 Å². The Labute approximate surface area is 170 Å². The number of carbonyl (C=O) groups is 3. The van der Waals surface area contributed by atoms with Gasteiger partial charge in [0.05, 0.1) is 0 Å². The van der Waals surface area contributed by atoms with Crippen molar-refractivity contribution in [2.24, 2.45) is 0 Å². The van der Waals surface area contributed by atoms with Gasteiger partial charge in [-0.2, -0.15) is 0 Å². The summed E-state index contributed by atoms with van der Waals surface area (Å²) in [5.74, 6) is -1.12. The number of hydrogen-bond acceptors (Lipinski definition) is 3. The van der Waals surface area contributed by atoms with E-state index in [4.69, 9.17) is 0 Å². The summed E-state index contributed by atoms with van der Waals surface area (Å²) in [6.07, 6.45) is 6.31. The number of benzene rings is 1. The lowest BCUT2D eigenvalue weighted by molar-refractivity contribution is -0.132. The first-order valence-corrected chi connectivity index (χ1v) is 10.1. The van der Waals surface area contributed by atoms with Crippen LogP contribution in [0.4, 0.5) is 4.79 Å². The summed E-state index contributed by atoms with van der Waals surface area (Å²) in [6.45, 7) is 3.95. The van der Waals surface area contributed by atoms with Crippen molar-refractivity contribution in [2.45, 2.75) is 52.0 Å². The minimum absolute atomic E-state index is 0.0171. The van der Waals surface area contributed by atoms with Crippen LogP contribution in [0.2, 0.25) is 0 Å². The summed E-state index contributed by atoms with van der Waals surface area (Å²) in [6, 6.07) is 11.1. The van der Waals surface area contributed by atoms with Crippen LogP contribution in [-0.4, -0.2) is 33.4 Å². The van der Waals surface area contributed by atoms with Gasteiger partial charge < -0.3 is 4.57 Å². The smallest absolute Gasteiger partial charge is 0.318 e. The number of amides is 4. The first-order chi connectivity index (χ1) is 14.0. The molecule has 1 saturated carbocycles. The van der Waals surface area contributed by atoms with Crippen LogP contribution in [0.25, 0.3) is 11.8 Å². The molecule has 1 aliphatic carbocycles. The Morgan fingerprint density at radius 2 is 1.69 bits per heavy atom. The second-order valence-corrected chi connectivity index (χ2v) is 7.78. The molecule has 150 valence electrons. The van der Waals surface area contributed by atoms with Crippen molar-refractivity contribution < 1.29 is 14.4 Å². The third-order valence-corrected chi connectivity index (χ3v) is 5.86. The molecule has 1 N–H and O–H groups in total. The number of nitrogens with one attached hydrogen (secondary N) is 1. The zero-order valence-electron chi connectivity index (χ0n) is 16.8. The number of carbonyl (C=O) groups excluding carboxylic acids is 3. The van der Waals surface area contributed by atoms with E-state index >= 15 is 0 Å². The van der Waals surface area contributed by atoms with Crippen molar-refractivity contribution in [1.29, 1.82) is 0 Å². The Bertz CT molecular complexity index is 998. The molecule has 2 fully saturated rings. The molecule has 0 unspecified atom stereocenters. The highest BCUT2D eigenvalue weighted by molar-refractivity contribution is 6.31. The van der Waals surface area contributed by atoms with E-state index in [0.717, 1.165) is 54.7 Å². The van der Waals surface area contributed by atoms with Gasteiger partial charge >= 0.3 is 6.03 Å². The fourth-order valence-electron chi connectivity index (χ4n) is 4.41. The molecule has 29 heavy (non-hydrogen) atoms. The Morgan fingerprint density at radius 3 is 2.38 bits per heavy atom. The molecule has 1 aromatic carbocycles. The van der Waals surface area contributed by atoms with E-state index < -0.39 is 17.8 Å². The number of urea groups is 1. The van der Waals surface area contributed by atoms with Crippen LogP contribution in [0.3, 0.4) is 0 Å². The maximum absolute atomic E-state index is 13.1. The van der Waals surface area contributed by atoms with Crippen molar-refractivity contribution in [1.82, 2.24) is 14.8 Å². The molecule has 4 rings (SSSR count). The quantitative estimate of drug-likeness (QED) is 0.637. The van der Waals surface area contributed by atoms with Crippen LogP contribution in [0.5, 0.6) is 0 Å². The summed E-state index contributed by atoms with van der Waals surface area (Å²) >= 11 is 0. The first kappa shape index (κ1) is 19.2. The van der Waals surface area contributed by atoms with Crippen molar-refractivity contribution in [3.05, 3.63) is 58.9 Å². The lowest BCUT2D eigenvalue weighted by atomic mass is 9.93. The standard InChI is InChI=1S/C23H25N3O3/c1-15-13-17(16(2)25(15)18-9-5-3-6-10-18)14-20-21(27)24-23(29)26(22(20)28)19-11-7-4-8-12-19/h3,5-6,9-10,13-14,19H,4,7-8,11-12H2,1-2H3,(H,24,27,29)/b20-14+. The summed E-state index contributed by atoms with van der Waals surface area (Å²) in [5, 5.41) is 2.35. The van der Waals surface area contributed by atoms with Gasteiger partial charge in [-0.05, 0) is 56.5 Å². The van der Waals surface area contributed by atoms with E-state index in [2.05, 4.69) is 9.88 Å². The summed E-state index contributed by atoms with van der Waals surface area (Å²) in [7, 11) is 0. The van der Waals surface area contributed by atoms with Gasteiger partial charge in [-0.15, -0.1) is 0 Å². The molecular weight excluding hydrogens is 366 g/mol. The molecule has 1 aromatic heterocycles. The molecule has 2 aromatic rings. The Morgan fingerprint density at radius 1 is 1.00 bits per heavy atom. The second-order valence-electron chi connectivity index (χ2n) is 7.78. The number of imide groups is 2. The summed E-state index contributed by atoms with van der Waals surface area (Å²) < 4.78 is 2.08. The highest BCUT2D eigenvalue weighted by Crippen LogP contribution is 2.28. The number of aromatic nitrogens is 1. The van der Waals surface area contributed by atoms with E-state index in [1.54, 1.807) is 6.08 Å². The number of para-hydroxylation sites is 1. The Kier molecular flexibility index (Phi) is 5.09. The SMILES string of the molecule is Cc1cc(/C=C2\C(=O)NC(=O)N(C3CCCCC3)C2=O)c(C)n1-c1ccccc1. The number of nitrogens with zero attached hydrogens (tertiary/aromatic N) is 2. The van der Waals surface area contributed by atoms with Gasteiger partial charge in [0, 0.05) is 23.1 Å². The molecule has 2 aliphatic rings. The number of aryl methyl sites for hydroxylation is 1. The normalized spacial score (nSPS) is 19.7. The molecule has 1 aliphatic heterocycles. The second kappa shape index (κ2) is 7.70.